The number of hydrogen-bond acceptors (Lipinski definition) is 2. The predicted octanol–water partition coefficient (Wildman–Crippen LogP) is 2.76. The van der Waals surface area contributed by atoms with E-state index in [0.717, 1.165) is 16.0 Å². The van der Waals surface area contributed by atoms with E-state index in [1.807, 2.05) is 30.3 Å². The van der Waals surface area contributed by atoms with Gasteiger partial charge in [0.15, 0.2) is 0 Å². The largest absolute Gasteiger partial charge is 0.508 e. The van der Waals surface area contributed by atoms with E-state index in [-0.39, 0.29) is 5.75 Å². The first-order chi connectivity index (χ1) is 7.97. The highest BCUT2D eigenvalue weighted by atomic mass is 32.2. The Balaban J connectivity index is 2.43. The maximum Gasteiger partial charge on any atom is 0.116 e. The van der Waals surface area contributed by atoms with Crippen LogP contribution in [-0.4, -0.2) is 21.4 Å². The predicted molar refractivity (Wildman–Crippen MR) is 73.0 cm³/mol. The zero-order valence-corrected chi connectivity index (χ0v) is 10.4. The highest BCUT2D eigenvalue weighted by Crippen LogP contribution is 2.24. The van der Waals surface area contributed by atoms with E-state index in [0.29, 0.717) is 0 Å². The molecule has 0 saturated carbocycles. The van der Waals surface area contributed by atoms with Gasteiger partial charge in [-0.15, -0.1) is 0 Å². The van der Waals surface area contributed by atoms with E-state index >= 15 is 0 Å². The van der Waals surface area contributed by atoms with E-state index in [2.05, 4.69) is 5.87 Å². The summed E-state index contributed by atoms with van der Waals surface area (Å²) in [5.74, 6) is 3.88. The minimum absolute atomic E-state index is 0.239. The topological polar surface area (TPSA) is 37.3 Å². The molecular formula is C14H14O2S. The molecule has 0 heterocycles. The summed E-state index contributed by atoms with van der Waals surface area (Å²) in [4.78, 5) is 0.737. The molecule has 0 aliphatic carbocycles. The van der Waals surface area contributed by atoms with E-state index in [1.165, 1.54) is 0 Å². The van der Waals surface area contributed by atoms with Crippen molar-refractivity contribution in [2.75, 3.05) is 6.26 Å². The molecule has 0 amide bonds. The Morgan fingerprint density at radius 2 is 1.71 bits per heavy atom. The van der Waals surface area contributed by atoms with Crippen molar-refractivity contribution in [2.24, 2.45) is 0 Å². The Bertz CT molecular complexity index is 626. The van der Waals surface area contributed by atoms with Crippen molar-refractivity contribution < 1.29 is 9.32 Å². The highest BCUT2D eigenvalue weighted by Gasteiger charge is 2.02. The van der Waals surface area contributed by atoms with Gasteiger partial charge < -0.3 is 5.11 Å². The Morgan fingerprint density at radius 1 is 1.06 bits per heavy atom. The fraction of sp³-hybridized carbons (Fsp3) is 0.0714. The molecule has 1 unspecified atom stereocenters. The van der Waals surface area contributed by atoms with E-state index in [4.69, 9.17) is 0 Å². The second-order valence-electron chi connectivity index (χ2n) is 4.08. The van der Waals surface area contributed by atoms with Crippen molar-refractivity contribution in [3.05, 3.63) is 48.5 Å². The molecule has 0 aliphatic heterocycles. The second kappa shape index (κ2) is 4.26. The van der Waals surface area contributed by atoms with Gasteiger partial charge in [-0.3, -0.25) is 4.21 Å². The SMILES string of the molecule is C=S(C)(=O)c1ccc(-c2cccc(O)c2)cc1. The van der Waals surface area contributed by atoms with Gasteiger partial charge in [-0.1, -0.05) is 24.3 Å². The van der Waals surface area contributed by atoms with Gasteiger partial charge in [-0.25, -0.2) is 0 Å². The molecular weight excluding hydrogens is 232 g/mol. The van der Waals surface area contributed by atoms with Crippen molar-refractivity contribution in [1.82, 2.24) is 0 Å². The van der Waals surface area contributed by atoms with Crippen LogP contribution in [0.15, 0.2) is 53.4 Å². The highest BCUT2D eigenvalue weighted by molar-refractivity contribution is 7.99. The van der Waals surface area contributed by atoms with Crippen molar-refractivity contribution in [3.63, 3.8) is 0 Å². The molecule has 1 N–H and O–H groups in total. The van der Waals surface area contributed by atoms with Gasteiger partial charge in [0, 0.05) is 11.2 Å². The number of aromatic hydroxyl groups is 1. The van der Waals surface area contributed by atoms with Crippen LogP contribution in [-0.2, 0) is 9.52 Å². The molecule has 0 bridgehead atoms. The minimum atomic E-state index is -2.16. The van der Waals surface area contributed by atoms with Crippen molar-refractivity contribution >= 4 is 15.4 Å². The van der Waals surface area contributed by atoms with Gasteiger partial charge in [0.2, 0.25) is 0 Å². The van der Waals surface area contributed by atoms with Crippen LogP contribution in [0.4, 0.5) is 0 Å². The number of rotatable bonds is 2. The normalized spacial score (nSPS) is 14.2. The van der Waals surface area contributed by atoms with Crippen molar-refractivity contribution in [3.8, 4) is 16.9 Å². The van der Waals surface area contributed by atoms with E-state index in [9.17, 15) is 9.32 Å². The number of hydrogen-bond donors (Lipinski definition) is 1. The first-order valence-electron chi connectivity index (χ1n) is 5.18. The van der Waals surface area contributed by atoms with Gasteiger partial charge in [0.25, 0.3) is 0 Å². The third-order valence-corrected chi connectivity index (χ3v) is 3.80. The van der Waals surface area contributed by atoms with Gasteiger partial charge in [0.05, 0.1) is 0 Å². The molecule has 0 aromatic heterocycles. The molecule has 2 aromatic carbocycles. The van der Waals surface area contributed by atoms with Crippen LogP contribution in [0, 0.1) is 0 Å². The molecule has 1 atom stereocenters. The molecule has 17 heavy (non-hydrogen) atoms. The van der Waals surface area contributed by atoms with Crippen LogP contribution in [0.1, 0.15) is 0 Å². The van der Waals surface area contributed by atoms with Crippen LogP contribution in [0.3, 0.4) is 0 Å². The first-order valence-corrected chi connectivity index (χ1v) is 7.32. The lowest BCUT2D eigenvalue weighted by molar-refractivity contribution is 0.475. The lowest BCUT2D eigenvalue weighted by atomic mass is 10.1. The summed E-state index contributed by atoms with van der Waals surface area (Å²) < 4.78 is 11.7. The van der Waals surface area contributed by atoms with Gasteiger partial charge >= 0.3 is 0 Å². The molecule has 2 rings (SSSR count). The van der Waals surface area contributed by atoms with Crippen LogP contribution in [0.5, 0.6) is 5.75 Å². The zero-order chi connectivity index (χ0) is 12.5. The van der Waals surface area contributed by atoms with Crippen LogP contribution >= 0.6 is 0 Å². The van der Waals surface area contributed by atoms with Gasteiger partial charge in [-0.2, -0.15) is 0 Å². The van der Waals surface area contributed by atoms with Gasteiger partial charge in [0.1, 0.15) is 5.75 Å². The third-order valence-electron chi connectivity index (χ3n) is 2.53. The monoisotopic (exact) mass is 246 g/mol. The van der Waals surface area contributed by atoms with Crippen molar-refractivity contribution in [2.45, 2.75) is 4.90 Å². The minimum Gasteiger partial charge on any atom is -0.508 e. The standard InChI is InChI=1S/C14H14O2S/c1-17(2,16)14-8-6-11(7-9-14)12-4-3-5-13(15)10-12/h3-10,15H,1H2,2H3. The quantitative estimate of drug-likeness (QED) is 0.827. The van der Waals surface area contributed by atoms with Crippen LogP contribution < -0.4 is 0 Å². The molecule has 3 heteroatoms. The van der Waals surface area contributed by atoms with Crippen molar-refractivity contribution in [1.29, 1.82) is 0 Å². The second-order valence-corrected chi connectivity index (χ2v) is 6.56. The Kier molecular flexibility index (Phi) is 2.94. The molecule has 2 nitrogen and oxygen atoms in total. The Morgan fingerprint density at radius 3 is 2.24 bits per heavy atom. The summed E-state index contributed by atoms with van der Waals surface area (Å²) in [7, 11) is -2.16. The first kappa shape index (κ1) is 11.7. The maximum atomic E-state index is 11.7. The third kappa shape index (κ3) is 2.68. The summed E-state index contributed by atoms with van der Waals surface area (Å²) in [5.41, 5.74) is 1.91. The Labute approximate surface area is 102 Å². The summed E-state index contributed by atoms with van der Waals surface area (Å²) in [5, 5.41) is 9.40. The summed E-state index contributed by atoms with van der Waals surface area (Å²) in [6, 6.07) is 14.4. The molecule has 0 aliphatic rings. The summed E-state index contributed by atoms with van der Waals surface area (Å²) in [6.45, 7) is 0. The zero-order valence-electron chi connectivity index (χ0n) is 9.59. The van der Waals surface area contributed by atoms with Gasteiger partial charge in [-0.05, 0) is 50.8 Å². The summed E-state index contributed by atoms with van der Waals surface area (Å²) >= 11 is 0. The number of phenolic OH excluding ortho intramolecular Hbond substituents is 1. The van der Waals surface area contributed by atoms with E-state index in [1.54, 1.807) is 24.5 Å². The number of phenols is 1. The number of benzene rings is 2. The van der Waals surface area contributed by atoms with E-state index < -0.39 is 9.52 Å². The Hall–Kier alpha value is -1.74. The van der Waals surface area contributed by atoms with Crippen LogP contribution in [0.2, 0.25) is 0 Å². The molecule has 0 radical (unpaired) electrons. The fourth-order valence-corrected chi connectivity index (χ4v) is 2.33. The smallest absolute Gasteiger partial charge is 0.116 e. The molecule has 88 valence electrons. The average molecular weight is 246 g/mol. The average Bonchev–Trinajstić information content (AvgIpc) is 2.28. The lowest BCUT2D eigenvalue weighted by Crippen LogP contribution is -1.95. The molecule has 0 saturated heterocycles. The summed E-state index contributed by atoms with van der Waals surface area (Å²) in [6.07, 6.45) is 1.62. The maximum absolute atomic E-state index is 11.7. The molecule has 0 fully saturated rings. The fourth-order valence-electron chi connectivity index (χ4n) is 1.62. The van der Waals surface area contributed by atoms with Crippen LogP contribution in [0.25, 0.3) is 11.1 Å². The molecule has 0 spiro atoms. The molecule has 2 aromatic rings. The lowest BCUT2D eigenvalue weighted by Gasteiger charge is -2.05.